The lowest BCUT2D eigenvalue weighted by Crippen LogP contribution is -2.16. The minimum absolute atomic E-state index is 0.440. The zero-order valence-corrected chi connectivity index (χ0v) is 10.3. The van der Waals surface area contributed by atoms with Gasteiger partial charge in [0.15, 0.2) is 0 Å². The summed E-state index contributed by atoms with van der Waals surface area (Å²) in [4.78, 5) is 4.60. The van der Waals surface area contributed by atoms with Gasteiger partial charge in [0.25, 0.3) is 0 Å². The average Bonchev–Trinajstić information content (AvgIpc) is 2.84. The highest BCUT2D eigenvalue weighted by Crippen LogP contribution is 2.31. The lowest BCUT2D eigenvalue weighted by molar-refractivity contribution is 0.0781. The van der Waals surface area contributed by atoms with Crippen molar-refractivity contribution >= 4 is 0 Å². The van der Waals surface area contributed by atoms with Gasteiger partial charge < -0.3 is 14.4 Å². The molecule has 0 spiro atoms. The molecule has 0 bridgehead atoms. The Balaban J connectivity index is 2.07. The van der Waals surface area contributed by atoms with Crippen molar-refractivity contribution in [1.29, 1.82) is 0 Å². The van der Waals surface area contributed by atoms with Crippen LogP contribution in [0.3, 0.4) is 0 Å². The van der Waals surface area contributed by atoms with Gasteiger partial charge >= 0.3 is 0 Å². The predicted octanol–water partition coefficient (Wildman–Crippen LogP) is 2.39. The molecule has 4 nitrogen and oxygen atoms in total. The molecule has 3 rings (SSSR count). The number of aromatic nitrogens is 2. The quantitative estimate of drug-likeness (QED) is 0.882. The van der Waals surface area contributed by atoms with Crippen LogP contribution in [0.15, 0.2) is 30.5 Å². The van der Waals surface area contributed by atoms with Crippen LogP contribution in [0.25, 0.3) is 11.3 Å². The molecule has 0 amide bonds. The summed E-state index contributed by atoms with van der Waals surface area (Å²) >= 11 is 0. The Morgan fingerprint density at radius 3 is 3.00 bits per heavy atom. The van der Waals surface area contributed by atoms with Crippen molar-refractivity contribution in [3.05, 3.63) is 36.3 Å². The van der Waals surface area contributed by atoms with Crippen LogP contribution in [-0.2, 0) is 6.42 Å². The monoisotopic (exact) mass is 244 g/mol. The maximum Gasteiger partial charge on any atom is 0.131 e. The van der Waals surface area contributed by atoms with E-state index in [0.29, 0.717) is 0 Å². The van der Waals surface area contributed by atoms with Crippen molar-refractivity contribution in [1.82, 2.24) is 9.55 Å². The zero-order valence-electron chi connectivity index (χ0n) is 10.3. The van der Waals surface area contributed by atoms with E-state index in [0.717, 1.165) is 42.1 Å². The summed E-state index contributed by atoms with van der Waals surface area (Å²) in [6.45, 7) is 0. The van der Waals surface area contributed by atoms with E-state index in [4.69, 9.17) is 4.74 Å². The molecule has 1 atom stereocenters. The Hall–Kier alpha value is -1.81. The van der Waals surface area contributed by atoms with Crippen molar-refractivity contribution in [3.8, 4) is 17.0 Å². The minimum atomic E-state index is -0.440. The van der Waals surface area contributed by atoms with E-state index in [2.05, 4.69) is 4.98 Å². The first-order valence-corrected chi connectivity index (χ1v) is 6.19. The Labute approximate surface area is 106 Å². The fourth-order valence-electron chi connectivity index (χ4n) is 2.44. The molecular formula is C14H16N2O2. The van der Waals surface area contributed by atoms with E-state index in [1.807, 2.05) is 35.0 Å². The van der Waals surface area contributed by atoms with Crippen LogP contribution in [0.1, 0.15) is 24.9 Å². The third-order valence-electron chi connectivity index (χ3n) is 3.38. The zero-order chi connectivity index (χ0) is 12.5. The van der Waals surface area contributed by atoms with E-state index in [1.54, 1.807) is 7.11 Å². The van der Waals surface area contributed by atoms with Crippen LogP contribution >= 0.6 is 0 Å². The Morgan fingerprint density at radius 2 is 2.22 bits per heavy atom. The molecule has 94 valence electrons. The van der Waals surface area contributed by atoms with Gasteiger partial charge in [0, 0.05) is 18.2 Å². The lowest BCUT2D eigenvalue weighted by atomic mass is 10.1. The summed E-state index contributed by atoms with van der Waals surface area (Å²) in [7, 11) is 1.66. The molecule has 0 aliphatic carbocycles. The number of fused-ring (bicyclic) bond motifs is 1. The smallest absolute Gasteiger partial charge is 0.131 e. The first-order valence-electron chi connectivity index (χ1n) is 6.19. The van der Waals surface area contributed by atoms with Gasteiger partial charge in [-0.25, -0.2) is 4.98 Å². The van der Waals surface area contributed by atoms with Gasteiger partial charge in [-0.2, -0.15) is 0 Å². The second-order valence-corrected chi connectivity index (χ2v) is 4.52. The number of nitrogens with zero attached hydrogens (tertiary/aromatic N) is 2. The molecule has 2 aromatic rings. The van der Waals surface area contributed by atoms with Gasteiger partial charge in [-0.3, -0.25) is 0 Å². The van der Waals surface area contributed by atoms with E-state index < -0.39 is 6.23 Å². The Morgan fingerprint density at radius 1 is 1.39 bits per heavy atom. The normalized spacial score (nSPS) is 18.4. The second-order valence-electron chi connectivity index (χ2n) is 4.52. The molecular weight excluding hydrogens is 228 g/mol. The molecule has 1 aromatic heterocycles. The number of aliphatic hydroxyl groups excluding tert-OH is 1. The molecule has 0 radical (unpaired) electrons. The highest BCUT2D eigenvalue weighted by atomic mass is 16.5. The first kappa shape index (κ1) is 11.3. The van der Waals surface area contributed by atoms with E-state index >= 15 is 0 Å². The molecule has 1 aliphatic rings. The number of hydrogen-bond donors (Lipinski definition) is 1. The van der Waals surface area contributed by atoms with Crippen molar-refractivity contribution in [2.75, 3.05) is 7.11 Å². The molecule has 0 saturated carbocycles. The van der Waals surface area contributed by atoms with Crippen LogP contribution in [-0.4, -0.2) is 21.8 Å². The van der Waals surface area contributed by atoms with Crippen LogP contribution < -0.4 is 4.74 Å². The molecule has 0 saturated heterocycles. The highest BCUT2D eigenvalue weighted by molar-refractivity contribution is 5.66. The number of rotatable bonds is 2. The van der Waals surface area contributed by atoms with E-state index in [9.17, 15) is 5.11 Å². The van der Waals surface area contributed by atoms with Crippen LogP contribution in [0.5, 0.6) is 5.75 Å². The fourth-order valence-corrected chi connectivity index (χ4v) is 2.44. The van der Waals surface area contributed by atoms with Gasteiger partial charge in [0.05, 0.1) is 12.8 Å². The van der Waals surface area contributed by atoms with Crippen LogP contribution in [0.2, 0.25) is 0 Å². The van der Waals surface area contributed by atoms with Crippen LogP contribution in [0.4, 0.5) is 0 Å². The van der Waals surface area contributed by atoms with Crippen molar-refractivity contribution in [2.45, 2.75) is 25.5 Å². The third kappa shape index (κ3) is 1.78. The first-order chi connectivity index (χ1) is 8.79. The lowest BCUT2D eigenvalue weighted by Gasteiger charge is -2.19. The summed E-state index contributed by atoms with van der Waals surface area (Å²) in [5, 5.41) is 9.94. The number of imidazole rings is 1. The van der Waals surface area contributed by atoms with Crippen molar-refractivity contribution in [2.24, 2.45) is 0 Å². The molecule has 4 heteroatoms. The summed E-state index contributed by atoms with van der Waals surface area (Å²) in [6, 6.07) is 7.81. The van der Waals surface area contributed by atoms with Crippen LogP contribution in [0, 0.1) is 0 Å². The highest BCUT2D eigenvalue weighted by Gasteiger charge is 2.20. The topological polar surface area (TPSA) is 47.3 Å². The summed E-state index contributed by atoms with van der Waals surface area (Å²) in [5.41, 5.74) is 1.83. The number of methoxy groups -OCH3 is 1. The van der Waals surface area contributed by atoms with Gasteiger partial charge in [-0.05, 0) is 25.0 Å². The van der Waals surface area contributed by atoms with Gasteiger partial charge in [-0.15, -0.1) is 0 Å². The summed E-state index contributed by atoms with van der Waals surface area (Å²) in [6.07, 6.45) is 4.19. The SMILES string of the molecule is COc1ccccc1-c1cn2c(n1)CCCC2O. The van der Waals surface area contributed by atoms with E-state index in [1.165, 1.54) is 0 Å². The number of para-hydroxylation sites is 1. The number of aryl methyl sites for hydroxylation is 1. The van der Waals surface area contributed by atoms with Gasteiger partial charge in [0.2, 0.25) is 0 Å². The van der Waals surface area contributed by atoms with Gasteiger partial charge in [0.1, 0.15) is 17.8 Å². The number of hydrogen-bond acceptors (Lipinski definition) is 3. The molecule has 1 aliphatic heterocycles. The predicted molar refractivity (Wildman–Crippen MR) is 68.4 cm³/mol. The summed E-state index contributed by atoms with van der Waals surface area (Å²) < 4.78 is 7.21. The Bertz CT molecular complexity index is 563. The maximum atomic E-state index is 9.94. The van der Waals surface area contributed by atoms with Crippen molar-refractivity contribution in [3.63, 3.8) is 0 Å². The number of aliphatic hydroxyl groups is 1. The largest absolute Gasteiger partial charge is 0.496 e. The molecule has 1 unspecified atom stereocenters. The molecule has 0 fully saturated rings. The molecule has 1 N–H and O–H groups in total. The number of benzene rings is 1. The minimum Gasteiger partial charge on any atom is -0.496 e. The number of ether oxygens (including phenoxy) is 1. The van der Waals surface area contributed by atoms with Crippen molar-refractivity contribution < 1.29 is 9.84 Å². The van der Waals surface area contributed by atoms with E-state index in [-0.39, 0.29) is 0 Å². The fraction of sp³-hybridized carbons (Fsp3) is 0.357. The third-order valence-corrected chi connectivity index (χ3v) is 3.38. The molecule has 18 heavy (non-hydrogen) atoms. The second kappa shape index (κ2) is 4.46. The summed E-state index contributed by atoms with van der Waals surface area (Å²) in [5.74, 6) is 1.76. The standard InChI is InChI=1S/C14H16N2O2/c1-18-12-6-3-2-5-10(12)11-9-16-13(15-11)7-4-8-14(16)17/h2-3,5-6,9,14,17H,4,7-8H2,1H3. The molecule has 2 heterocycles. The molecule has 1 aromatic carbocycles. The van der Waals surface area contributed by atoms with Gasteiger partial charge in [-0.1, -0.05) is 12.1 Å². The Kier molecular flexibility index (Phi) is 2.80. The average molecular weight is 244 g/mol. The maximum absolute atomic E-state index is 9.94.